The van der Waals surface area contributed by atoms with E-state index in [9.17, 15) is 4.39 Å². The predicted molar refractivity (Wildman–Crippen MR) is 68.1 cm³/mol. The molecule has 2 aromatic rings. The van der Waals surface area contributed by atoms with Crippen LogP contribution >= 0.6 is 0 Å². The summed E-state index contributed by atoms with van der Waals surface area (Å²) in [6.07, 6.45) is 3.48. The molecule has 0 saturated carbocycles. The van der Waals surface area contributed by atoms with Crippen molar-refractivity contribution >= 4 is 0 Å². The number of rotatable bonds is 5. The molecule has 96 valence electrons. The summed E-state index contributed by atoms with van der Waals surface area (Å²) in [5, 5.41) is 3.07. The molecule has 4 nitrogen and oxygen atoms in total. The topological polar surface area (TPSA) is 39.1 Å². The number of nitrogens with zero attached hydrogens (tertiary/aromatic N) is 2. The molecule has 0 amide bonds. The van der Waals surface area contributed by atoms with Crippen molar-refractivity contribution in [2.45, 2.75) is 6.54 Å². The molecule has 0 unspecified atom stereocenters. The van der Waals surface area contributed by atoms with Gasteiger partial charge in [-0.1, -0.05) is 0 Å². The number of hydrogen-bond acceptors (Lipinski definition) is 3. The standard InChI is InChI=1S/C13H16FN3O/c1-15-5-6-17-9-16-8-12(17)10-3-4-13(18-2)11(14)7-10/h3-4,7-9,15H,5-6H2,1-2H3. The first-order valence-electron chi connectivity index (χ1n) is 5.75. The Labute approximate surface area is 105 Å². The molecule has 0 bridgehead atoms. The average Bonchev–Trinajstić information content (AvgIpc) is 2.84. The first-order valence-corrected chi connectivity index (χ1v) is 5.75. The summed E-state index contributed by atoms with van der Waals surface area (Å²) in [7, 11) is 3.35. The number of nitrogens with one attached hydrogen (secondary N) is 1. The fourth-order valence-electron chi connectivity index (χ4n) is 1.80. The van der Waals surface area contributed by atoms with Crippen LogP contribution in [0.4, 0.5) is 4.39 Å². The zero-order valence-electron chi connectivity index (χ0n) is 10.5. The molecular weight excluding hydrogens is 233 g/mol. The minimum absolute atomic E-state index is 0.250. The van der Waals surface area contributed by atoms with Gasteiger partial charge >= 0.3 is 0 Å². The van der Waals surface area contributed by atoms with Crippen molar-refractivity contribution in [1.29, 1.82) is 0 Å². The Morgan fingerprint density at radius 1 is 1.44 bits per heavy atom. The third-order valence-corrected chi connectivity index (χ3v) is 2.76. The maximum absolute atomic E-state index is 13.7. The molecule has 0 aliphatic carbocycles. The van der Waals surface area contributed by atoms with Gasteiger partial charge in [-0.15, -0.1) is 0 Å². The van der Waals surface area contributed by atoms with Gasteiger partial charge in [-0.3, -0.25) is 0 Å². The largest absolute Gasteiger partial charge is 0.494 e. The second kappa shape index (κ2) is 5.64. The van der Waals surface area contributed by atoms with Crippen LogP contribution in [0.25, 0.3) is 11.3 Å². The fourth-order valence-corrected chi connectivity index (χ4v) is 1.80. The highest BCUT2D eigenvalue weighted by Crippen LogP contribution is 2.25. The second-order valence-electron chi connectivity index (χ2n) is 3.93. The normalized spacial score (nSPS) is 10.6. The van der Waals surface area contributed by atoms with Gasteiger partial charge in [0.25, 0.3) is 0 Å². The van der Waals surface area contributed by atoms with Crippen LogP contribution in [0.15, 0.2) is 30.7 Å². The van der Waals surface area contributed by atoms with Crippen LogP contribution in [0.1, 0.15) is 0 Å². The summed E-state index contributed by atoms with van der Waals surface area (Å²) < 4.78 is 20.5. The lowest BCUT2D eigenvalue weighted by atomic mass is 10.1. The number of hydrogen-bond donors (Lipinski definition) is 1. The Bertz CT molecular complexity index is 525. The molecule has 0 fully saturated rings. The first-order chi connectivity index (χ1) is 8.76. The molecule has 1 heterocycles. The van der Waals surface area contributed by atoms with E-state index >= 15 is 0 Å². The van der Waals surface area contributed by atoms with Crippen molar-refractivity contribution in [1.82, 2.24) is 14.9 Å². The Morgan fingerprint density at radius 3 is 2.94 bits per heavy atom. The summed E-state index contributed by atoms with van der Waals surface area (Å²) in [6.45, 7) is 1.63. The van der Waals surface area contributed by atoms with Gasteiger partial charge in [0.2, 0.25) is 0 Å². The summed E-state index contributed by atoms with van der Waals surface area (Å²) in [5.41, 5.74) is 1.69. The maximum Gasteiger partial charge on any atom is 0.165 e. The van der Waals surface area contributed by atoms with Crippen LogP contribution in [0, 0.1) is 5.82 Å². The van der Waals surface area contributed by atoms with Gasteiger partial charge in [-0.05, 0) is 25.2 Å². The molecule has 0 spiro atoms. The monoisotopic (exact) mass is 249 g/mol. The zero-order chi connectivity index (χ0) is 13.0. The molecule has 18 heavy (non-hydrogen) atoms. The fraction of sp³-hybridized carbons (Fsp3) is 0.308. The lowest BCUT2D eigenvalue weighted by Crippen LogP contribution is -2.14. The van der Waals surface area contributed by atoms with E-state index in [2.05, 4.69) is 10.3 Å². The Hall–Kier alpha value is -1.88. The Morgan fingerprint density at radius 2 is 2.28 bits per heavy atom. The lowest BCUT2D eigenvalue weighted by Gasteiger charge is -2.09. The van der Waals surface area contributed by atoms with Crippen molar-refractivity contribution in [2.75, 3.05) is 20.7 Å². The molecule has 0 saturated heterocycles. The van der Waals surface area contributed by atoms with E-state index in [0.29, 0.717) is 0 Å². The van der Waals surface area contributed by atoms with E-state index in [4.69, 9.17) is 4.74 Å². The van der Waals surface area contributed by atoms with Crippen molar-refractivity contribution in [2.24, 2.45) is 0 Å². The molecule has 0 aliphatic heterocycles. The first kappa shape index (κ1) is 12.6. The van der Waals surface area contributed by atoms with Crippen LogP contribution in [-0.2, 0) is 6.54 Å². The van der Waals surface area contributed by atoms with E-state index in [-0.39, 0.29) is 11.6 Å². The van der Waals surface area contributed by atoms with Gasteiger partial charge in [-0.25, -0.2) is 9.37 Å². The van der Waals surface area contributed by atoms with E-state index in [1.165, 1.54) is 13.2 Å². The van der Waals surface area contributed by atoms with Crippen LogP contribution < -0.4 is 10.1 Å². The third-order valence-electron chi connectivity index (χ3n) is 2.76. The second-order valence-corrected chi connectivity index (χ2v) is 3.93. The van der Waals surface area contributed by atoms with Crippen molar-refractivity contribution in [3.05, 3.63) is 36.5 Å². The number of likely N-dealkylation sites (N-methyl/N-ethyl adjacent to an activating group) is 1. The number of imidazole rings is 1. The minimum atomic E-state index is -0.364. The number of methoxy groups -OCH3 is 1. The molecule has 2 rings (SSSR count). The van der Waals surface area contributed by atoms with Gasteiger partial charge in [0.1, 0.15) is 0 Å². The smallest absolute Gasteiger partial charge is 0.165 e. The van der Waals surface area contributed by atoms with Gasteiger partial charge in [0.15, 0.2) is 11.6 Å². The van der Waals surface area contributed by atoms with Crippen molar-refractivity contribution < 1.29 is 9.13 Å². The van der Waals surface area contributed by atoms with Crippen molar-refractivity contribution in [3.63, 3.8) is 0 Å². The Kier molecular flexibility index (Phi) is 3.94. The number of halogens is 1. The van der Waals surface area contributed by atoms with Gasteiger partial charge in [0.05, 0.1) is 25.3 Å². The van der Waals surface area contributed by atoms with Crippen LogP contribution in [0.5, 0.6) is 5.75 Å². The summed E-state index contributed by atoms with van der Waals surface area (Å²) in [4.78, 5) is 4.11. The summed E-state index contributed by atoms with van der Waals surface area (Å²) >= 11 is 0. The van der Waals surface area contributed by atoms with Gasteiger partial charge < -0.3 is 14.6 Å². The highest BCUT2D eigenvalue weighted by molar-refractivity contribution is 5.60. The average molecular weight is 249 g/mol. The highest BCUT2D eigenvalue weighted by Gasteiger charge is 2.08. The predicted octanol–water partition coefficient (Wildman–Crippen LogP) is 1.92. The molecule has 1 N–H and O–H groups in total. The molecule has 5 heteroatoms. The number of aromatic nitrogens is 2. The number of ether oxygens (including phenoxy) is 1. The molecule has 0 aliphatic rings. The molecule has 1 aromatic carbocycles. The molecule has 0 radical (unpaired) electrons. The van der Waals surface area contributed by atoms with Gasteiger partial charge in [0, 0.05) is 18.7 Å². The molecular formula is C13H16FN3O. The third kappa shape index (κ3) is 2.51. The summed E-state index contributed by atoms with van der Waals surface area (Å²) in [6, 6.07) is 4.92. The van der Waals surface area contributed by atoms with Crippen LogP contribution in [0.2, 0.25) is 0 Å². The SMILES string of the molecule is CNCCn1cncc1-c1ccc(OC)c(F)c1. The van der Waals surface area contributed by atoms with E-state index in [1.54, 1.807) is 18.6 Å². The van der Waals surface area contributed by atoms with E-state index in [1.807, 2.05) is 17.7 Å². The number of benzene rings is 1. The van der Waals surface area contributed by atoms with Crippen molar-refractivity contribution in [3.8, 4) is 17.0 Å². The highest BCUT2D eigenvalue weighted by atomic mass is 19.1. The maximum atomic E-state index is 13.7. The Balaban J connectivity index is 2.31. The molecule has 0 atom stereocenters. The lowest BCUT2D eigenvalue weighted by molar-refractivity contribution is 0.386. The minimum Gasteiger partial charge on any atom is -0.494 e. The quantitative estimate of drug-likeness (QED) is 0.880. The van der Waals surface area contributed by atoms with E-state index < -0.39 is 0 Å². The zero-order valence-corrected chi connectivity index (χ0v) is 10.5. The van der Waals surface area contributed by atoms with Crippen LogP contribution in [0.3, 0.4) is 0 Å². The van der Waals surface area contributed by atoms with Crippen LogP contribution in [-0.4, -0.2) is 30.3 Å². The molecule has 1 aromatic heterocycles. The van der Waals surface area contributed by atoms with Gasteiger partial charge in [-0.2, -0.15) is 0 Å². The van der Waals surface area contributed by atoms with E-state index in [0.717, 1.165) is 24.3 Å². The summed E-state index contributed by atoms with van der Waals surface area (Å²) in [5.74, 6) is -0.114.